The van der Waals surface area contributed by atoms with Crippen LogP contribution in [0.5, 0.6) is 5.75 Å². The lowest BCUT2D eigenvalue weighted by atomic mass is 10.1. The minimum atomic E-state index is -3.98. The molecule has 3 aromatic carbocycles. The SMILES string of the molecule is COc1ccccc1CC(=O)Nc1ccc(C)c(S(=O)(=O)Nc2ccc(SC(F)F)cc2)c1. The minimum absolute atomic E-state index is 0.0105. The summed E-state index contributed by atoms with van der Waals surface area (Å²) in [5.41, 5.74) is 1.74. The molecular weight excluding hydrogens is 470 g/mol. The molecule has 0 atom stereocenters. The Bertz CT molecular complexity index is 1230. The number of thioether (sulfide) groups is 1. The van der Waals surface area contributed by atoms with E-state index in [0.717, 1.165) is 0 Å². The number of ether oxygens (including phenoxy) is 1. The predicted molar refractivity (Wildman–Crippen MR) is 126 cm³/mol. The van der Waals surface area contributed by atoms with Crippen LogP contribution in [-0.4, -0.2) is 27.2 Å². The van der Waals surface area contributed by atoms with Crippen LogP contribution in [0.25, 0.3) is 0 Å². The van der Waals surface area contributed by atoms with Crippen molar-refractivity contribution in [3.63, 3.8) is 0 Å². The van der Waals surface area contributed by atoms with Gasteiger partial charge in [-0.2, -0.15) is 8.78 Å². The summed E-state index contributed by atoms with van der Waals surface area (Å²) >= 11 is 0.376. The van der Waals surface area contributed by atoms with Gasteiger partial charge in [-0.05, 0) is 55.0 Å². The molecule has 0 aromatic heterocycles. The summed E-state index contributed by atoms with van der Waals surface area (Å²) in [6, 6.07) is 17.4. The van der Waals surface area contributed by atoms with Gasteiger partial charge in [-0.1, -0.05) is 36.0 Å². The Labute approximate surface area is 195 Å². The van der Waals surface area contributed by atoms with Crippen molar-refractivity contribution >= 4 is 39.1 Å². The highest BCUT2D eigenvalue weighted by atomic mass is 32.2. The van der Waals surface area contributed by atoms with E-state index in [1.807, 2.05) is 0 Å². The Balaban J connectivity index is 1.75. The highest BCUT2D eigenvalue weighted by Gasteiger charge is 2.19. The van der Waals surface area contributed by atoms with Crippen LogP contribution in [0, 0.1) is 6.92 Å². The normalized spacial score (nSPS) is 11.3. The number of hydrogen-bond donors (Lipinski definition) is 2. The van der Waals surface area contributed by atoms with Crippen LogP contribution in [-0.2, 0) is 21.2 Å². The molecule has 0 aliphatic carbocycles. The Morgan fingerprint density at radius 1 is 1.03 bits per heavy atom. The van der Waals surface area contributed by atoms with Gasteiger partial charge in [0.15, 0.2) is 0 Å². The molecule has 0 aliphatic heterocycles. The number of alkyl halides is 2. The van der Waals surface area contributed by atoms with Gasteiger partial charge >= 0.3 is 0 Å². The summed E-state index contributed by atoms with van der Waals surface area (Å²) in [5, 5.41) is 2.71. The highest BCUT2D eigenvalue weighted by Crippen LogP contribution is 2.28. The first-order valence-corrected chi connectivity index (χ1v) is 12.1. The van der Waals surface area contributed by atoms with Crippen LogP contribution < -0.4 is 14.8 Å². The lowest BCUT2D eigenvalue weighted by Crippen LogP contribution is -2.17. The first-order chi connectivity index (χ1) is 15.7. The molecule has 3 rings (SSSR count). The van der Waals surface area contributed by atoms with E-state index < -0.39 is 15.8 Å². The van der Waals surface area contributed by atoms with E-state index in [1.165, 1.54) is 37.4 Å². The van der Waals surface area contributed by atoms with Crippen LogP contribution in [0.15, 0.2) is 76.5 Å². The lowest BCUT2D eigenvalue weighted by molar-refractivity contribution is -0.115. The van der Waals surface area contributed by atoms with E-state index >= 15 is 0 Å². The fourth-order valence-electron chi connectivity index (χ4n) is 3.11. The topological polar surface area (TPSA) is 84.5 Å². The second kappa shape index (κ2) is 10.7. The third-order valence-corrected chi connectivity index (χ3v) is 6.88. The van der Waals surface area contributed by atoms with Crippen molar-refractivity contribution in [3.8, 4) is 5.75 Å². The average Bonchev–Trinajstić information content (AvgIpc) is 2.76. The molecule has 6 nitrogen and oxygen atoms in total. The van der Waals surface area contributed by atoms with E-state index in [0.29, 0.717) is 39.2 Å². The van der Waals surface area contributed by atoms with Crippen molar-refractivity contribution in [2.24, 2.45) is 0 Å². The van der Waals surface area contributed by atoms with Gasteiger partial charge < -0.3 is 10.1 Å². The molecule has 174 valence electrons. The van der Waals surface area contributed by atoms with Crippen molar-refractivity contribution < 1.29 is 26.7 Å². The monoisotopic (exact) mass is 492 g/mol. The molecule has 0 heterocycles. The summed E-state index contributed by atoms with van der Waals surface area (Å²) in [6.07, 6.45) is 0.0567. The van der Waals surface area contributed by atoms with Gasteiger partial charge in [-0.3, -0.25) is 9.52 Å². The first kappa shape index (κ1) is 24.5. The maximum Gasteiger partial charge on any atom is 0.288 e. The Kier molecular flexibility index (Phi) is 7.93. The van der Waals surface area contributed by atoms with Crippen molar-refractivity contribution in [2.45, 2.75) is 28.9 Å². The highest BCUT2D eigenvalue weighted by molar-refractivity contribution is 7.99. The number of aryl methyl sites for hydroxylation is 1. The first-order valence-electron chi connectivity index (χ1n) is 9.78. The van der Waals surface area contributed by atoms with Crippen molar-refractivity contribution in [1.29, 1.82) is 0 Å². The van der Waals surface area contributed by atoms with Crippen LogP contribution >= 0.6 is 11.8 Å². The van der Waals surface area contributed by atoms with Crippen LogP contribution in [0.3, 0.4) is 0 Å². The molecule has 0 spiro atoms. The molecule has 2 N–H and O–H groups in total. The van der Waals surface area contributed by atoms with E-state index in [1.54, 1.807) is 43.3 Å². The predicted octanol–water partition coefficient (Wildman–Crippen LogP) is 5.30. The molecule has 0 saturated carbocycles. The maximum atomic E-state index is 12.9. The number of sulfonamides is 1. The minimum Gasteiger partial charge on any atom is -0.496 e. The lowest BCUT2D eigenvalue weighted by Gasteiger charge is -2.13. The summed E-state index contributed by atoms with van der Waals surface area (Å²) in [6.45, 7) is 1.64. The summed E-state index contributed by atoms with van der Waals surface area (Å²) < 4.78 is 58.5. The van der Waals surface area contributed by atoms with Gasteiger partial charge in [0.25, 0.3) is 15.8 Å². The number of benzene rings is 3. The zero-order valence-electron chi connectivity index (χ0n) is 17.8. The second-order valence-electron chi connectivity index (χ2n) is 7.03. The molecule has 0 bridgehead atoms. The standard InChI is InChI=1S/C23H22F2N2O4S2/c1-15-7-8-18(26-22(28)13-16-5-3-4-6-20(16)31-2)14-21(15)33(29,30)27-17-9-11-19(12-10-17)32-23(24)25/h3-12,14,23,27H,13H2,1-2H3,(H,26,28). The number of para-hydroxylation sites is 1. The number of amides is 1. The number of rotatable bonds is 9. The molecular formula is C23H22F2N2O4S2. The number of halogens is 2. The molecule has 1 amide bonds. The zero-order valence-corrected chi connectivity index (χ0v) is 19.5. The number of methoxy groups -OCH3 is 1. The van der Waals surface area contributed by atoms with Crippen molar-refractivity contribution in [2.75, 3.05) is 17.1 Å². The summed E-state index contributed by atoms with van der Waals surface area (Å²) in [7, 11) is -2.46. The number of carbonyl (C=O) groups excluding carboxylic acids is 1. The Hall–Kier alpha value is -3.11. The van der Waals surface area contributed by atoms with Gasteiger partial charge in [0.2, 0.25) is 5.91 Å². The van der Waals surface area contributed by atoms with Crippen molar-refractivity contribution in [1.82, 2.24) is 0 Å². The molecule has 10 heteroatoms. The van der Waals surface area contributed by atoms with Crippen LogP contribution in [0.2, 0.25) is 0 Å². The molecule has 0 radical (unpaired) electrons. The van der Waals surface area contributed by atoms with Crippen molar-refractivity contribution in [3.05, 3.63) is 77.9 Å². The molecule has 0 aliphatic rings. The van der Waals surface area contributed by atoms with E-state index in [9.17, 15) is 22.0 Å². The second-order valence-corrected chi connectivity index (χ2v) is 9.74. The Morgan fingerprint density at radius 3 is 2.36 bits per heavy atom. The van der Waals surface area contributed by atoms with Gasteiger partial charge in [-0.25, -0.2) is 8.42 Å². The van der Waals surface area contributed by atoms with Gasteiger partial charge in [0, 0.05) is 21.8 Å². The number of anilines is 2. The summed E-state index contributed by atoms with van der Waals surface area (Å²) in [4.78, 5) is 12.8. The Morgan fingerprint density at radius 2 is 1.70 bits per heavy atom. The van der Waals surface area contributed by atoms with Gasteiger partial charge in [-0.15, -0.1) is 0 Å². The quantitative estimate of drug-likeness (QED) is 0.396. The smallest absolute Gasteiger partial charge is 0.288 e. The van der Waals surface area contributed by atoms with Gasteiger partial charge in [0.1, 0.15) is 5.75 Å². The third-order valence-electron chi connectivity index (χ3n) is 4.64. The molecule has 0 fully saturated rings. The number of hydrogen-bond acceptors (Lipinski definition) is 5. The molecule has 33 heavy (non-hydrogen) atoms. The number of carbonyl (C=O) groups is 1. The average molecular weight is 493 g/mol. The van der Waals surface area contributed by atoms with Crippen LogP contribution in [0.4, 0.5) is 20.2 Å². The number of nitrogens with one attached hydrogen (secondary N) is 2. The molecule has 0 saturated heterocycles. The maximum absolute atomic E-state index is 12.9. The van der Waals surface area contributed by atoms with Crippen LogP contribution in [0.1, 0.15) is 11.1 Å². The summed E-state index contributed by atoms with van der Waals surface area (Å²) in [5.74, 6) is -2.30. The van der Waals surface area contributed by atoms with Gasteiger partial charge in [0.05, 0.1) is 18.4 Å². The third kappa shape index (κ3) is 6.69. The molecule has 3 aromatic rings. The largest absolute Gasteiger partial charge is 0.496 e. The van der Waals surface area contributed by atoms with E-state index in [2.05, 4.69) is 10.0 Å². The zero-order chi connectivity index (χ0) is 24.0. The fraction of sp³-hybridized carbons (Fsp3) is 0.174. The fourth-order valence-corrected chi connectivity index (χ4v) is 4.94. The van der Waals surface area contributed by atoms with E-state index in [4.69, 9.17) is 4.74 Å². The molecule has 0 unspecified atom stereocenters. The van der Waals surface area contributed by atoms with E-state index in [-0.39, 0.29) is 22.9 Å².